The van der Waals surface area contributed by atoms with Crippen molar-refractivity contribution in [3.8, 4) is 0 Å². The van der Waals surface area contributed by atoms with Gasteiger partial charge < -0.3 is 15.4 Å². The van der Waals surface area contributed by atoms with Crippen LogP contribution in [0.15, 0.2) is 18.2 Å². The molecule has 0 aromatic heterocycles. The third-order valence-corrected chi connectivity index (χ3v) is 2.98. The van der Waals surface area contributed by atoms with Crippen molar-refractivity contribution in [2.24, 2.45) is 0 Å². The molecule has 0 aliphatic carbocycles. The molecule has 0 bridgehead atoms. The number of hydrogen-bond acceptors (Lipinski definition) is 4. The van der Waals surface area contributed by atoms with Crippen LogP contribution in [0.2, 0.25) is 0 Å². The summed E-state index contributed by atoms with van der Waals surface area (Å²) in [5, 5.41) is 0. The van der Waals surface area contributed by atoms with Crippen molar-refractivity contribution in [1.29, 1.82) is 0 Å². The first-order valence-electron chi connectivity index (χ1n) is 5.93. The molecule has 1 heterocycles. The van der Waals surface area contributed by atoms with E-state index in [1.807, 2.05) is 12.1 Å². The van der Waals surface area contributed by atoms with E-state index in [2.05, 4.69) is 11.0 Å². The topological polar surface area (TPSA) is 55.6 Å². The lowest BCUT2D eigenvalue weighted by Gasteiger charge is -2.31. The highest BCUT2D eigenvalue weighted by atomic mass is 16.5. The highest BCUT2D eigenvalue weighted by Gasteiger charge is 2.16. The third kappa shape index (κ3) is 2.90. The molecule has 1 aliphatic heterocycles. The first-order valence-corrected chi connectivity index (χ1v) is 5.93. The standard InChI is InChI=1S/C13H18N2O2/c1-10(16)17-8-7-15-6-2-3-11-9-12(14)4-5-13(11)15/h4-5,9H,2-3,6-8,14H2,1H3. The predicted molar refractivity (Wildman–Crippen MR) is 68.0 cm³/mol. The van der Waals surface area contributed by atoms with Crippen molar-refractivity contribution < 1.29 is 9.53 Å². The van der Waals surface area contributed by atoms with Crippen LogP contribution in [0.1, 0.15) is 18.9 Å². The molecule has 1 aromatic rings. The van der Waals surface area contributed by atoms with Gasteiger partial charge >= 0.3 is 5.97 Å². The fourth-order valence-corrected chi connectivity index (χ4v) is 2.23. The maximum atomic E-state index is 10.7. The van der Waals surface area contributed by atoms with Gasteiger partial charge in [-0.2, -0.15) is 0 Å². The number of benzene rings is 1. The van der Waals surface area contributed by atoms with Gasteiger partial charge in [0, 0.05) is 24.8 Å². The van der Waals surface area contributed by atoms with Gasteiger partial charge in [-0.15, -0.1) is 0 Å². The average molecular weight is 234 g/mol. The van der Waals surface area contributed by atoms with Gasteiger partial charge in [0.2, 0.25) is 0 Å². The quantitative estimate of drug-likeness (QED) is 0.637. The lowest BCUT2D eigenvalue weighted by atomic mass is 10.0. The van der Waals surface area contributed by atoms with Crippen LogP contribution in [0.25, 0.3) is 0 Å². The number of anilines is 2. The van der Waals surface area contributed by atoms with Crippen molar-refractivity contribution in [3.63, 3.8) is 0 Å². The Morgan fingerprint density at radius 1 is 1.53 bits per heavy atom. The fraction of sp³-hybridized carbons (Fsp3) is 0.462. The number of nitrogens with two attached hydrogens (primary N) is 1. The SMILES string of the molecule is CC(=O)OCCN1CCCc2cc(N)ccc21. The van der Waals surface area contributed by atoms with Crippen LogP contribution >= 0.6 is 0 Å². The molecule has 0 radical (unpaired) electrons. The molecule has 0 unspecified atom stereocenters. The van der Waals surface area contributed by atoms with E-state index in [1.54, 1.807) is 0 Å². The van der Waals surface area contributed by atoms with Crippen molar-refractivity contribution >= 4 is 17.3 Å². The summed E-state index contributed by atoms with van der Waals surface area (Å²) in [6.45, 7) is 3.64. The lowest BCUT2D eigenvalue weighted by Crippen LogP contribution is -2.32. The van der Waals surface area contributed by atoms with E-state index >= 15 is 0 Å². The van der Waals surface area contributed by atoms with Crippen LogP contribution in [0.3, 0.4) is 0 Å². The van der Waals surface area contributed by atoms with Gasteiger partial charge in [-0.3, -0.25) is 4.79 Å². The van der Waals surface area contributed by atoms with E-state index in [-0.39, 0.29) is 5.97 Å². The lowest BCUT2D eigenvalue weighted by molar-refractivity contribution is -0.140. The molecule has 92 valence electrons. The largest absolute Gasteiger partial charge is 0.464 e. The van der Waals surface area contributed by atoms with E-state index in [9.17, 15) is 4.79 Å². The summed E-state index contributed by atoms with van der Waals surface area (Å²) >= 11 is 0. The van der Waals surface area contributed by atoms with Crippen LogP contribution in [0, 0.1) is 0 Å². The number of carbonyl (C=O) groups is 1. The molecule has 0 fully saturated rings. The Bertz CT molecular complexity index is 418. The van der Waals surface area contributed by atoms with E-state index in [0.29, 0.717) is 6.61 Å². The van der Waals surface area contributed by atoms with E-state index in [4.69, 9.17) is 10.5 Å². The normalized spacial score (nSPS) is 14.3. The Balaban J connectivity index is 2.04. The molecule has 4 heteroatoms. The monoisotopic (exact) mass is 234 g/mol. The molecule has 0 saturated heterocycles. The number of carbonyl (C=O) groups excluding carboxylic acids is 1. The molecule has 4 nitrogen and oxygen atoms in total. The van der Waals surface area contributed by atoms with Crippen molar-refractivity contribution in [2.45, 2.75) is 19.8 Å². The molecule has 0 spiro atoms. The molecule has 1 aromatic carbocycles. The zero-order valence-corrected chi connectivity index (χ0v) is 10.1. The van der Waals surface area contributed by atoms with Gasteiger partial charge in [-0.1, -0.05) is 0 Å². The predicted octanol–water partition coefficient (Wildman–Crippen LogP) is 1.58. The zero-order valence-electron chi connectivity index (χ0n) is 10.1. The van der Waals surface area contributed by atoms with Gasteiger partial charge in [0.15, 0.2) is 0 Å². The van der Waals surface area contributed by atoms with Gasteiger partial charge in [-0.25, -0.2) is 0 Å². The average Bonchev–Trinajstić information content (AvgIpc) is 2.28. The van der Waals surface area contributed by atoms with Crippen molar-refractivity contribution in [3.05, 3.63) is 23.8 Å². The number of esters is 1. The summed E-state index contributed by atoms with van der Waals surface area (Å²) in [5.74, 6) is -0.223. The molecular weight excluding hydrogens is 216 g/mol. The Morgan fingerprint density at radius 3 is 3.12 bits per heavy atom. The molecule has 0 saturated carbocycles. The first-order chi connectivity index (χ1) is 8.16. The second-order valence-electron chi connectivity index (χ2n) is 4.32. The maximum absolute atomic E-state index is 10.7. The Labute approximate surface area is 101 Å². The van der Waals surface area contributed by atoms with Gasteiger partial charge in [0.05, 0.1) is 6.54 Å². The minimum Gasteiger partial charge on any atom is -0.464 e. The zero-order chi connectivity index (χ0) is 12.3. The van der Waals surface area contributed by atoms with Crippen LogP contribution in [-0.2, 0) is 16.0 Å². The molecular formula is C13H18N2O2. The van der Waals surface area contributed by atoms with E-state index in [1.165, 1.54) is 18.2 Å². The minimum absolute atomic E-state index is 0.223. The molecule has 1 aliphatic rings. The number of aryl methyl sites for hydroxylation is 1. The summed E-state index contributed by atoms with van der Waals surface area (Å²) < 4.78 is 4.98. The number of nitrogens with zero attached hydrogens (tertiary/aromatic N) is 1. The maximum Gasteiger partial charge on any atom is 0.302 e. The fourth-order valence-electron chi connectivity index (χ4n) is 2.23. The highest BCUT2D eigenvalue weighted by molar-refractivity contribution is 5.66. The molecule has 0 amide bonds. The van der Waals surface area contributed by atoms with Gasteiger partial charge in [0.1, 0.15) is 6.61 Å². The van der Waals surface area contributed by atoms with Crippen LogP contribution < -0.4 is 10.6 Å². The molecule has 2 rings (SSSR count). The van der Waals surface area contributed by atoms with Gasteiger partial charge in [0.25, 0.3) is 0 Å². The number of ether oxygens (including phenoxy) is 1. The number of nitrogen functional groups attached to an aromatic ring is 1. The van der Waals surface area contributed by atoms with Crippen LogP contribution in [-0.4, -0.2) is 25.7 Å². The van der Waals surface area contributed by atoms with Crippen LogP contribution in [0.4, 0.5) is 11.4 Å². The number of rotatable bonds is 3. The third-order valence-electron chi connectivity index (χ3n) is 2.98. The highest BCUT2D eigenvalue weighted by Crippen LogP contribution is 2.28. The second kappa shape index (κ2) is 5.08. The van der Waals surface area contributed by atoms with Crippen molar-refractivity contribution in [2.75, 3.05) is 30.3 Å². The smallest absolute Gasteiger partial charge is 0.302 e. The second-order valence-corrected chi connectivity index (χ2v) is 4.32. The summed E-state index contributed by atoms with van der Waals surface area (Å²) in [6, 6.07) is 6.01. The Morgan fingerprint density at radius 2 is 2.35 bits per heavy atom. The van der Waals surface area contributed by atoms with E-state index in [0.717, 1.165) is 31.6 Å². The molecule has 0 atom stereocenters. The number of hydrogen-bond donors (Lipinski definition) is 1. The van der Waals surface area contributed by atoms with Crippen LogP contribution in [0.5, 0.6) is 0 Å². The van der Waals surface area contributed by atoms with Gasteiger partial charge in [-0.05, 0) is 36.6 Å². The summed E-state index contributed by atoms with van der Waals surface area (Å²) in [6.07, 6.45) is 2.20. The Hall–Kier alpha value is -1.71. The molecule has 17 heavy (non-hydrogen) atoms. The Kier molecular flexibility index (Phi) is 3.52. The minimum atomic E-state index is -0.223. The molecule has 2 N–H and O–H groups in total. The summed E-state index contributed by atoms with van der Waals surface area (Å²) in [7, 11) is 0. The summed E-state index contributed by atoms with van der Waals surface area (Å²) in [5.41, 5.74) is 9.10. The van der Waals surface area contributed by atoms with Crippen molar-refractivity contribution in [1.82, 2.24) is 0 Å². The number of fused-ring (bicyclic) bond motifs is 1. The first kappa shape index (κ1) is 11.8. The summed E-state index contributed by atoms with van der Waals surface area (Å²) in [4.78, 5) is 13.0. The van der Waals surface area contributed by atoms with E-state index < -0.39 is 0 Å².